The quantitative estimate of drug-likeness (QED) is 0.523. The molecule has 2 heterocycles. The van der Waals surface area contributed by atoms with Crippen LogP contribution in [0.1, 0.15) is 68.4 Å². The number of amides is 2. The van der Waals surface area contributed by atoms with Gasteiger partial charge in [0.15, 0.2) is 6.61 Å². The molecule has 7 nitrogen and oxygen atoms in total. The molecule has 2 amide bonds. The number of likely N-dealkylation sites (tertiary alicyclic amines) is 1. The van der Waals surface area contributed by atoms with Crippen LogP contribution in [0.4, 0.5) is 5.69 Å². The summed E-state index contributed by atoms with van der Waals surface area (Å²) in [6.07, 6.45) is 2.20. The molecule has 1 fully saturated rings. The maximum Gasteiger partial charge on any atom is 0.309 e. The van der Waals surface area contributed by atoms with E-state index in [0.29, 0.717) is 50.4 Å². The van der Waals surface area contributed by atoms with Crippen LogP contribution in [-0.4, -0.2) is 49.0 Å². The average Bonchev–Trinajstić information content (AvgIpc) is 2.90. The van der Waals surface area contributed by atoms with Crippen molar-refractivity contribution in [3.63, 3.8) is 0 Å². The van der Waals surface area contributed by atoms with Crippen LogP contribution in [0.2, 0.25) is 0 Å². The highest BCUT2D eigenvalue weighted by molar-refractivity contribution is 5.98. The number of carbonyl (C=O) groups is 3. The number of piperidine rings is 1. The summed E-state index contributed by atoms with van der Waals surface area (Å²) in [7, 11) is 0. The van der Waals surface area contributed by atoms with E-state index < -0.39 is 0 Å². The molecule has 0 radical (unpaired) electrons. The Balaban J connectivity index is 1.50. The summed E-state index contributed by atoms with van der Waals surface area (Å²) in [4.78, 5) is 41.7. The van der Waals surface area contributed by atoms with E-state index in [-0.39, 0.29) is 35.7 Å². The zero-order valence-corrected chi connectivity index (χ0v) is 21.7. The Bertz CT molecular complexity index is 1130. The summed E-state index contributed by atoms with van der Waals surface area (Å²) in [5, 5.41) is 0. The van der Waals surface area contributed by atoms with Crippen molar-refractivity contribution in [1.82, 2.24) is 4.90 Å². The summed E-state index contributed by atoms with van der Waals surface area (Å²) >= 11 is 0. The zero-order valence-electron chi connectivity index (χ0n) is 21.7. The number of anilines is 1. The van der Waals surface area contributed by atoms with Gasteiger partial charge in [-0.15, -0.1) is 0 Å². The molecule has 0 bridgehead atoms. The highest BCUT2D eigenvalue weighted by Gasteiger charge is 2.30. The van der Waals surface area contributed by atoms with Crippen molar-refractivity contribution in [1.29, 1.82) is 0 Å². The van der Waals surface area contributed by atoms with E-state index in [4.69, 9.17) is 9.47 Å². The van der Waals surface area contributed by atoms with Gasteiger partial charge in [0.1, 0.15) is 5.75 Å². The minimum Gasteiger partial charge on any atom is -0.482 e. The van der Waals surface area contributed by atoms with Gasteiger partial charge >= 0.3 is 5.97 Å². The summed E-state index contributed by atoms with van der Waals surface area (Å²) in [6.45, 7) is 10.1. The Morgan fingerprint density at radius 3 is 2.53 bits per heavy atom. The molecule has 1 saturated heterocycles. The van der Waals surface area contributed by atoms with Gasteiger partial charge in [-0.25, -0.2) is 0 Å². The molecule has 0 spiro atoms. The molecule has 7 heteroatoms. The van der Waals surface area contributed by atoms with Crippen molar-refractivity contribution in [3.8, 4) is 5.75 Å². The smallest absolute Gasteiger partial charge is 0.309 e. The normalized spacial score (nSPS) is 16.4. The first-order valence-corrected chi connectivity index (χ1v) is 12.9. The lowest BCUT2D eigenvalue weighted by molar-refractivity contribution is -0.149. The van der Waals surface area contributed by atoms with Gasteiger partial charge in [-0.3, -0.25) is 14.4 Å². The molecule has 2 aliphatic heterocycles. The highest BCUT2D eigenvalue weighted by Crippen LogP contribution is 2.38. The maximum atomic E-state index is 13.2. The lowest BCUT2D eigenvalue weighted by Crippen LogP contribution is -2.41. The number of ether oxygens (including phenoxy) is 2. The van der Waals surface area contributed by atoms with Gasteiger partial charge in [-0.05, 0) is 67.0 Å². The molecule has 0 atom stereocenters. The Labute approximate surface area is 213 Å². The van der Waals surface area contributed by atoms with E-state index in [1.54, 1.807) is 22.8 Å². The van der Waals surface area contributed by atoms with Gasteiger partial charge < -0.3 is 19.3 Å². The summed E-state index contributed by atoms with van der Waals surface area (Å²) < 4.78 is 10.8. The van der Waals surface area contributed by atoms with E-state index in [1.165, 1.54) is 0 Å². The fraction of sp³-hybridized carbons (Fsp3) is 0.483. The monoisotopic (exact) mass is 492 g/mol. The Morgan fingerprint density at radius 1 is 1.08 bits per heavy atom. The van der Waals surface area contributed by atoms with Crippen LogP contribution in [0, 0.1) is 5.92 Å². The van der Waals surface area contributed by atoms with E-state index in [2.05, 4.69) is 32.9 Å². The number of carbonyl (C=O) groups excluding carboxylic acids is 3. The van der Waals surface area contributed by atoms with Crippen molar-refractivity contribution >= 4 is 23.5 Å². The molecule has 0 N–H and O–H groups in total. The van der Waals surface area contributed by atoms with Crippen molar-refractivity contribution in [3.05, 3.63) is 59.2 Å². The minimum absolute atomic E-state index is 0.00243. The van der Waals surface area contributed by atoms with Crippen LogP contribution in [-0.2, 0) is 26.3 Å². The minimum atomic E-state index is -0.174. The molecule has 0 unspecified atom stereocenters. The molecule has 0 saturated carbocycles. The van der Waals surface area contributed by atoms with Crippen molar-refractivity contribution < 1.29 is 23.9 Å². The number of fused-ring (bicyclic) bond motifs is 1. The van der Waals surface area contributed by atoms with E-state index in [9.17, 15) is 14.4 Å². The molecular formula is C29H36N2O5. The fourth-order valence-corrected chi connectivity index (χ4v) is 4.75. The molecule has 2 aliphatic rings. The number of rotatable bonds is 7. The summed E-state index contributed by atoms with van der Waals surface area (Å²) in [5.41, 5.74) is 3.37. The Hall–Kier alpha value is -3.35. The van der Waals surface area contributed by atoms with Gasteiger partial charge in [0.2, 0.25) is 0 Å². The van der Waals surface area contributed by atoms with Crippen LogP contribution >= 0.6 is 0 Å². The van der Waals surface area contributed by atoms with Gasteiger partial charge in [-0.2, -0.15) is 0 Å². The summed E-state index contributed by atoms with van der Waals surface area (Å²) in [6, 6.07) is 13.5. The molecule has 2 aromatic rings. The van der Waals surface area contributed by atoms with Crippen LogP contribution in [0.3, 0.4) is 0 Å². The predicted molar refractivity (Wildman–Crippen MR) is 138 cm³/mol. The van der Waals surface area contributed by atoms with Crippen molar-refractivity contribution in [2.24, 2.45) is 5.92 Å². The van der Waals surface area contributed by atoms with Gasteiger partial charge in [0, 0.05) is 18.7 Å². The Kier molecular flexibility index (Phi) is 7.67. The second kappa shape index (κ2) is 10.7. The first kappa shape index (κ1) is 25.7. The Morgan fingerprint density at radius 2 is 1.83 bits per heavy atom. The zero-order chi connectivity index (χ0) is 25.9. The van der Waals surface area contributed by atoms with Gasteiger partial charge in [0.05, 0.1) is 24.8 Å². The number of hydrogen-bond acceptors (Lipinski definition) is 5. The second-order valence-corrected chi connectivity index (χ2v) is 10.2. The standard InChI is InChI=1S/C29H36N2O5/c1-5-29(3,4)23-10-11-25-24(17-23)31(26(32)19-36-25)18-20-8-7-9-22(16-20)27(33)30-14-12-21(13-15-30)28(34)35-6-2/h7-11,16-17,21H,5-6,12-15,18-19H2,1-4H3. The third-order valence-corrected chi connectivity index (χ3v) is 7.48. The number of nitrogens with zero attached hydrogens (tertiary/aromatic N) is 2. The van der Waals surface area contributed by atoms with E-state index in [1.807, 2.05) is 24.3 Å². The first-order valence-electron chi connectivity index (χ1n) is 12.9. The van der Waals surface area contributed by atoms with E-state index in [0.717, 1.165) is 23.2 Å². The third-order valence-electron chi connectivity index (χ3n) is 7.48. The number of benzene rings is 2. The third kappa shape index (κ3) is 5.40. The van der Waals surface area contributed by atoms with Gasteiger partial charge in [-0.1, -0.05) is 39.0 Å². The predicted octanol–water partition coefficient (Wildman–Crippen LogP) is 4.72. The lowest BCUT2D eigenvalue weighted by atomic mass is 9.82. The second-order valence-electron chi connectivity index (χ2n) is 10.2. The van der Waals surface area contributed by atoms with Crippen LogP contribution in [0.25, 0.3) is 0 Å². The largest absolute Gasteiger partial charge is 0.482 e. The summed E-state index contributed by atoms with van der Waals surface area (Å²) in [5.74, 6) is 0.219. The molecule has 4 rings (SSSR count). The van der Waals surface area contributed by atoms with Crippen molar-refractivity contribution in [2.45, 2.75) is 58.9 Å². The molecule has 2 aromatic carbocycles. The highest BCUT2D eigenvalue weighted by atomic mass is 16.5. The molecule has 36 heavy (non-hydrogen) atoms. The van der Waals surface area contributed by atoms with Crippen LogP contribution < -0.4 is 9.64 Å². The lowest BCUT2D eigenvalue weighted by Gasteiger charge is -2.32. The maximum absolute atomic E-state index is 13.2. The van der Waals surface area contributed by atoms with Gasteiger partial charge in [0.25, 0.3) is 11.8 Å². The van der Waals surface area contributed by atoms with E-state index >= 15 is 0 Å². The van der Waals surface area contributed by atoms with Crippen LogP contribution in [0.15, 0.2) is 42.5 Å². The molecule has 0 aromatic heterocycles. The molecule has 192 valence electrons. The first-order chi connectivity index (χ1) is 17.2. The van der Waals surface area contributed by atoms with Crippen LogP contribution in [0.5, 0.6) is 5.75 Å². The molecule has 0 aliphatic carbocycles. The number of hydrogen-bond donors (Lipinski definition) is 0. The SMILES string of the molecule is CCOC(=O)C1CCN(C(=O)c2cccc(CN3C(=O)COc4ccc(C(C)(C)CC)cc43)c2)CC1. The topological polar surface area (TPSA) is 76.2 Å². The molecular weight excluding hydrogens is 456 g/mol. The fourth-order valence-electron chi connectivity index (χ4n) is 4.75. The average molecular weight is 493 g/mol. The number of esters is 1. The van der Waals surface area contributed by atoms with Crippen molar-refractivity contribution in [2.75, 3.05) is 31.2 Å².